The topological polar surface area (TPSA) is 124 Å². The van der Waals surface area contributed by atoms with Crippen LogP contribution in [-0.2, 0) is 14.4 Å². The maximum Gasteiger partial charge on any atom is 0.257 e. The van der Waals surface area contributed by atoms with Crippen molar-refractivity contribution in [2.75, 3.05) is 38.1 Å². The molecule has 35 heavy (non-hydrogen) atoms. The maximum atomic E-state index is 13.0. The molecule has 3 amide bonds. The molecule has 0 aromatic heterocycles. The van der Waals surface area contributed by atoms with Gasteiger partial charge in [-0.3, -0.25) is 14.4 Å². The number of rotatable bonds is 13. The highest BCUT2D eigenvalue weighted by molar-refractivity contribution is 8.01. The van der Waals surface area contributed by atoms with Crippen molar-refractivity contribution in [3.8, 4) is 11.8 Å². The first kappa shape index (κ1) is 25.2. The number of anilines is 1. The average Bonchev–Trinajstić information content (AvgIpc) is 3.79. The molecule has 1 saturated heterocycles. The monoisotopic (exact) mass is 499 g/mol. The van der Waals surface area contributed by atoms with Gasteiger partial charge in [-0.2, -0.15) is 5.26 Å². The van der Waals surface area contributed by atoms with Crippen molar-refractivity contribution in [3.63, 3.8) is 0 Å². The fourth-order valence-electron chi connectivity index (χ4n) is 3.96. The van der Waals surface area contributed by atoms with Gasteiger partial charge in [0.05, 0.1) is 6.07 Å². The van der Waals surface area contributed by atoms with E-state index < -0.39 is 16.5 Å². The lowest BCUT2D eigenvalue weighted by Gasteiger charge is -2.25. The molecule has 2 saturated carbocycles. The molecular weight excluding hydrogens is 466 g/mol. The first-order chi connectivity index (χ1) is 17.0. The van der Waals surface area contributed by atoms with E-state index in [1.807, 2.05) is 19.1 Å². The number of hydrogen-bond donors (Lipinski definition) is 3. The molecule has 3 unspecified atom stereocenters. The predicted octanol–water partition coefficient (Wildman–Crippen LogP) is 1.96. The number of nitrogens with zero attached hydrogens (tertiary/aromatic N) is 2. The standard InChI is InChI=1S/C25H33N5O4S/c1-2-30-24(33)21(35-25(30)20(11-26)23(32)29-13-17-8-9-17)14-27-18-4-3-5-19(10-18)34-15-22(31)28-12-16-6-7-16/h3-5,10,16-17,20-21,25,27H,2,6-9,12-15H2,1H3,(H,28,31)(H,29,32). The van der Waals surface area contributed by atoms with Crippen molar-refractivity contribution in [2.24, 2.45) is 17.8 Å². The van der Waals surface area contributed by atoms with Gasteiger partial charge in [-0.05, 0) is 56.6 Å². The summed E-state index contributed by atoms with van der Waals surface area (Å²) in [5.41, 5.74) is 0.764. The number of amides is 3. The molecule has 1 aromatic rings. The molecule has 1 heterocycles. The second-order valence-electron chi connectivity index (χ2n) is 9.38. The summed E-state index contributed by atoms with van der Waals surface area (Å²) in [7, 11) is 0. The van der Waals surface area contributed by atoms with E-state index in [0.29, 0.717) is 43.8 Å². The minimum absolute atomic E-state index is 0.0430. The van der Waals surface area contributed by atoms with Gasteiger partial charge in [0.15, 0.2) is 12.5 Å². The van der Waals surface area contributed by atoms with Crippen molar-refractivity contribution in [1.29, 1.82) is 5.26 Å². The third-order valence-electron chi connectivity index (χ3n) is 6.46. The summed E-state index contributed by atoms with van der Waals surface area (Å²) in [6.45, 7) is 3.91. The zero-order valence-electron chi connectivity index (χ0n) is 20.0. The SMILES string of the molecule is CCN1C(=O)C(CNc2cccc(OCC(=O)NCC3CC3)c2)SC1C(C#N)C(=O)NCC1CC1. The summed E-state index contributed by atoms with van der Waals surface area (Å²) < 4.78 is 5.61. The fourth-order valence-corrected chi connectivity index (χ4v) is 5.46. The van der Waals surface area contributed by atoms with Crippen LogP contribution in [0.3, 0.4) is 0 Å². The number of hydrogen-bond acceptors (Lipinski definition) is 7. The van der Waals surface area contributed by atoms with Crippen LogP contribution in [0.2, 0.25) is 0 Å². The molecular formula is C25H33N5O4S. The molecule has 188 valence electrons. The van der Waals surface area contributed by atoms with Crippen LogP contribution < -0.4 is 20.7 Å². The Bertz CT molecular complexity index is 975. The molecule has 10 heteroatoms. The normalized spacial score (nSPS) is 22.3. The van der Waals surface area contributed by atoms with Crippen molar-refractivity contribution >= 4 is 35.2 Å². The Morgan fingerprint density at radius 1 is 1.17 bits per heavy atom. The lowest BCUT2D eigenvalue weighted by molar-refractivity contribution is -0.131. The number of carbonyl (C=O) groups excluding carboxylic acids is 3. The summed E-state index contributed by atoms with van der Waals surface area (Å²) in [5.74, 6) is 0.274. The lowest BCUT2D eigenvalue weighted by atomic mass is 10.1. The van der Waals surface area contributed by atoms with Crippen molar-refractivity contribution in [2.45, 2.75) is 43.2 Å². The van der Waals surface area contributed by atoms with Crippen molar-refractivity contribution in [3.05, 3.63) is 24.3 Å². The molecule has 4 rings (SSSR count). The van der Waals surface area contributed by atoms with Crippen LogP contribution in [0.5, 0.6) is 5.75 Å². The Morgan fingerprint density at radius 3 is 2.54 bits per heavy atom. The molecule has 3 N–H and O–H groups in total. The van der Waals surface area contributed by atoms with Gasteiger partial charge in [0.25, 0.3) is 5.91 Å². The molecule has 0 radical (unpaired) electrons. The third kappa shape index (κ3) is 7.04. The summed E-state index contributed by atoms with van der Waals surface area (Å²) in [6.07, 6.45) is 4.59. The Morgan fingerprint density at radius 2 is 1.89 bits per heavy atom. The second kappa shape index (κ2) is 11.7. The minimum atomic E-state index is -0.907. The smallest absolute Gasteiger partial charge is 0.257 e. The van der Waals surface area contributed by atoms with Gasteiger partial charge in [-0.15, -0.1) is 11.8 Å². The summed E-state index contributed by atoms with van der Waals surface area (Å²) in [6, 6.07) is 9.37. The zero-order valence-corrected chi connectivity index (χ0v) is 20.8. The fraction of sp³-hybridized carbons (Fsp3) is 0.600. The Hall–Kier alpha value is -2.93. The van der Waals surface area contributed by atoms with Crippen molar-refractivity contribution < 1.29 is 19.1 Å². The first-order valence-corrected chi connectivity index (χ1v) is 13.3. The molecule has 1 aromatic carbocycles. The Balaban J connectivity index is 1.28. The van der Waals surface area contributed by atoms with Crippen LogP contribution in [0.15, 0.2) is 24.3 Å². The van der Waals surface area contributed by atoms with Crippen LogP contribution in [0, 0.1) is 29.1 Å². The van der Waals surface area contributed by atoms with E-state index >= 15 is 0 Å². The molecule has 9 nitrogen and oxygen atoms in total. The third-order valence-corrected chi connectivity index (χ3v) is 7.96. The van der Waals surface area contributed by atoms with Crippen LogP contribution >= 0.6 is 11.8 Å². The predicted molar refractivity (Wildman–Crippen MR) is 134 cm³/mol. The van der Waals surface area contributed by atoms with E-state index in [4.69, 9.17) is 4.74 Å². The molecule has 3 atom stereocenters. The van der Waals surface area contributed by atoms with Gasteiger partial charge in [0.1, 0.15) is 16.4 Å². The number of carbonyl (C=O) groups is 3. The molecule has 0 bridgehead atoms. The molecule has 2 aliphatic carbocycles. The average molecular weight is 500 g/mol. The maximum absolute atomic E-state index is 13.0. The largest absolute Gasteiger partial charge is 0.484 e. The zero-order chi connectivity index (χ0) is 24.8. The first-order valence-electron chi connectivity index (χ1n) is 12.3. The molecule has 1 aliphatic heterocycles. The Labute approximate surface area is 210 Å². The van der Waals surface area contributed by atoms with E-state index in [-0.39, 0.29) is 24.3 Å². The number of thioether (sulfide) groups is 1. The van der Waals surface area contributed by atoms with Gasteiger partial charge in [-0.25, -0.2) is 0 Å². The van der Waals surface area contributed by atoms with E-state index in [2.05, 4.69) is 22.0 Å². The number of nitrogens with one attached hydrogen (secondary N) is 3. The summed E-state index contributed by atoms with van der Waals surface area (Å²) in [4.78, 5) is 39.2. The van der Waals surface area contributed by atoms with Crippen molar-refractivity contribution in [1.82, 2.24) is 15.5 Å². The molecule has 0 spiro atoms. The summed E-state index contributed by atoms with van der Waals surface area (Å²) >= 11 is 1.36. The second-order valence-corrected chi connectivity index (χ2v) is 10.7. The highest BCUT2D eigenvalue weighted by Gasteiger charge is 2.45. The number of nitriles is 1. The van der Waals surface area contributed by atoms with E-state index in [1.165, 1.54) is 24.6 Å². The van der Waals surface area contributed by atoms with E-state index in [1.54, 1.807) is 17.0 Å². The molecule has 3 aliphatic rings. The van der Waals surface area contributed by atoms with Gasteiger partial charge in [-0.1, -0.05) is 6.07 Å². The van der Waals surface area contributed by atoms with E-state index in [0.717, 1.165) is 18.5 Å². The van der Waals surface area contributed by atoms with Crippen LogP contribution in [0.25, 0.3) is 0 Å². The quantitative estimate of drug-likeness (QED) is 0.379. The number of ether oxygens (including phenoxy) is 1. The Kier molecular flexibility index (Phi) is 8.39. The summed E-state index contributed by atoms with van der Waals surface area (Å²) in [5, 5.41) is 17.8. The van der Waals surface area contributed by atoms with Gasteiger partial charge in [0, 0.05) is 37.9 Å². The van der Waals surface area contributed by atoms with Gasteiger partial charge in [0.2, 0.25) is 11.8 Å². The van der Waals surface area contributed by atoms with Gasteiger partial charge >= 0.3 is 0 Å². The highest BCUT2D eigenvalue weighted by atomic mass is 32.2. The van der Waals surface area contributed by atoms with Crippen LogP contribution in [-0.4, -0.2) is 66.0 Å². The number of benzene rings is 1. The highest BCUT2D eigenvalue weighted by Crippen LogP contribution is 2.36. The van der Waals surface area contributed by atoms with Crippen LogP contribution in [0.1, 0.15) is 32.6 Å². The lowest BCUT2D eigenvalue weighted by Crippen LogP contribution is -2.44. The molecule has 3 fully saturated rings. The van der Waals surface area contributed by atoms with Crippen LogP contribution in [0.4, 0.5) is 5.69 Å². The van der Waals surface area contributed by atoms with Gasteiger partial charge < -0.3 is 25.6 Å². The van der Waals surface area contributed by atoms with E-state index in [9.17, 15) is 19.6 Å². The minimum Gasteiger partial charge on any atom is -0.484 e.